The molecular formula is C20H26ClFN2S. The number of hydrogen-bond acceptors (Lipinski definition) is 1. The fraction of sp³-hybridized carbons (Fsp3) is 0.650. The van der Waals surface area contributed by atoms with Gasteiger partial charge in [-0.3, -0.25) is 0 Å². The van der Waals surface area contributed by atoms with Crippen LogP contribution in [0.5, 0.6) is 0 Å². The summed E-state index contributed by atoms with van der Waals surface area (Å²) < 4.78 is 13.3. The van der Waals surface area contributed by atoms with Gasteiger partial charge in [-0.2, -0.15) is 0 Å². The predicted molar refractivity (Wildman–Crippen MR) is 105 cm³/mol. The van der Waals surface area contributed by atoms with Gasteiger partial charge in [0.2, 0.25) is 0 Å². The summed E-state index contributed by atoms with van der Waals surface area (Å²) in [5.74, 6) is 2.38. The Bertz CT molecular complexity index is 642. The molecule has 4 saturated carbocycles. The van der Waals surface area contributed by atoms with Gasteiger partial charge in [-0.1, -0.05) is 18.5 Å². The number of thiocarbonyl (C=S) groups is 1. The van der Waals surface area contributed by atoms with Crippen LogP contribution in [0.25, 0.3) is 0 Å². The zero-order chi connectivity index (χ0) is 17.6. The minimum atomic E-state index is -0.411. The van der Waals surface area contributed by atoms with Crippen LogP contribution in [0.2, 0.25) is 5.02 Å². The Hall–Kier alpha value is -0.870. The summed E-state index contributed by atoms with van der Waals surface area (Å²) in [5, 5.41) is 7.49. The molecule has 4 bridgehead atoms. The third-order valence-corrected chi connectivity index (χ3v) is 7.23. The lowest BCUT2D eigenvalue weighted by atomic mass is 9.47. The highest BCUT2D eigenvalue weighted by Gasteiger charge is 2.53. The molecule has 4 aliphatic rings. The molecule has 1 atom stereocenters. The van der Waals surface area contributed by atoms with Crippen molar-refractivity contribution in [2.24, 2.45) is 23.2 Å². The average molecular weight is 381 g/mol. The van der Waals surface area contributed by atoms with Crippen molar-refractivity contribution in [3.63, 3.8) is 0 Å². The van der Waals surface area contributed by atoms with Gasteiger partial charge >= 0.3 is 0 Å². The first-order valence-corrected chi connectivity index (χ1v) is 10.3. The van der Waals surface area contributed by atoms with E-state index in [4.69, 9.17) is 23.8 Å². The van der Waals surface area contributed by atoms with Gasteiger partial charge < -0.3 is 10.6 Å². The maximum atomic E-state index is 13.3. The van der Waals surface area contributed by atoms with E-state index in [1.54, 1.807) is 12.1 Å². The molecule has 2 N–H and O–H groups in total. The number of rotatable bonds is 4. The summed E-state index contributed by atoms with van der Waals surface area (Å²) in [5.41, 5.74) is 1.14. The van der Waals surface area contributed by atoms with Crippen molar-refractivity contribution in [3.8, 4) is 0 Å². The maximum Gasteiger partial charge on any atom is 0.171 e. The first kappa shape index (κ1) is 17.5. The van der Waals surface area contributed by atoms with Crippen LogP contribution in [0.15, 0.2) is 18.2 Å². The topological polar surface area (TPSA) is 24.1 Å². The van der Waals surface area contributed by atoms with E-state index >= 15 is 0 Å². The van der Waals surface area contributed by atoms with Crippen LogP contribution in [0.4, 0.5) is 10.1 Å². The summed E-state index contributed by atoms with van der Waals surface area (Å²) in [4.78, 5) is 0. The Morgan fingerprint density at radius 3 is 2.36 bits per heavy atom. The molecule has 0 spiro atoms. The first-order chi connectivity index (χ1) is 12.0. The molecule has 1 aromatic rings. The smallest absolute Gasteiger partial charge is 0.171 e. The molecule has 1 unspecified atom stereocenters. The van der Waals surface area contributed by atoms with E-state index < -0.39 is 5.82 Å². The molecule has 136 valence electrons. The van der Waals surface area contributed by atoms with Crippen LogP contribution in [-0.4, -0.2) is 11.2 Å². The van der Waals surface area contributed by atoms with Crippen LogP contribution >= 0.6 is 23.8 Å². The minimum Gasteiger partial charge on any atom is -0.359 e. The minimum absolute atomic E-state index is 0.112. The van der Waals surface area contributed by atoms with Gasteiger partial charge in [0.25, 0.3) is 0 Å². The largest absolute Gasteiger partial charge is 0.359 e. The van der Waals surface area contributed by atoms with Crippen molar-refractivity contribution in [2.45, 2.75) is 57.9 Å². The standard InChI is InChI=1S/C20H26ClFN2S/c1-2-18(20-9-12-5-13(10-20)7-14(6-12)11-20)24-19(25)23-15-3-4-17(22)16(21)8-15/h3-4,8,12-14,18H,2,5-7,9-11H2,1H3,(H2,23,24,25). The molecule has 5 heteroatoms. The van der Waals surface area contributed by atoms with E-state index in [1.807, 2.05) is 0 Å². The highest BCUT2D eigenvalue weighted by atomic mass is 35.5. The van der Waals surface area contributed by atoms with Crippen molar-refractivity contribution in [1.82, 2.24) is 5.32 Å². The number of anilines is 1. The van der Waals surface area contributed by atoms with Gasteiger partial charge in [-0.15, -0.1) is 0 Å². The molecule has 4 fully saturated rings. The molecular weight excluding hydrogens is 355 g/mol. The van der Waals surface area contributed by atoms with Gasteiger partial charge in [0.15, 0.2) is 5.11 Å². The average Bonchev–Trinajstić information content (AvgIpc) is 2.54. The van der Waals surface area contributed by atoms with Crippen molar-refractivity contribution < 1.29 is 4.39 Å². The Balaban J connectivity index is 1.45. The SMILES string of the molecule is CCC(NC(=S)Nc1ccc(F)c(Cl)c1)C12CC3CC(CC(C3)C1)C2. The van der Waals surface area contributed by atoms with Crippen molar-refractivity contribution in [2.75, 3.05) is 5.32 Å². The highest BCUT2D eigenvalue weighted by Crippen LogP contribution is 2.61. The molecule has 0 aromatic heterocycles. The molecule has 0 amide bonds. The number of halogens is 2. The lowest BCUT2D eigenvalue weighted by Gasteiger charge is -2.59. The molecule has 1 aromatic carbocycles. The molecule has 0 aliphatic heterocycles. The van der Waals surface area contributed by atoms with Gasteiger partial charge in [-0.05, 0) is 98.5 Å². The van der Waals surface area contributed by atoms with E-state index in [0.717, 1.165) is 29.9 Å². The quantitative estimate of drug-likeness (QED) is 0.649. The van der Waals surface area contributed by atoms with Crippen LogP contribution in [-0.2, 0) is 0 Å². The van der Waals surface area contributed by atoms with Crippen LogP contribution < -0.4 is 10.6 Å². The Kier molecular flexibility index (Phi) is 4.70. The molecule has 4 aliphatic carbocycles. The van der Waals surface area contributed by atoms with Crippen molar-refractivity contribution >= 4 is 34.6 Å². The Labute approximate surface area is 159 Å². The van der Waals surface area contributed by atoms with Gasteiger partial charge in [0.05, 0.1) is 5.02 Å². The normalized spacial score (nSPS) is 34.0. The third kappa shape index (κ3) is 3.40. The zero-order valence-corrected chi connectivity index (χ0v) is 16.2. The van der Waals surface area contributed by atoms with Crippen LogP contribution in [0.3, 0.4) is 0 Å². The summed E-state index contributed by atoms with van der Waals surface area (Å²) in [6, 6.07) is 5.03. The predicted octanol–water partition coefficient (Wildman–Crippen LogP) is 5.76. The lowest BCUT2D eigenvalue weighted by molar-refractivity contribution is -0.0709. The summed E-state index contributed by atoms with van der Waals surface area (Å²) in [6.07, 6.45) is 9.50. The van der Waals surface area contributed by atoms with E-state index in [9.17, 15) is 4.39 Å². The third-order valence-electron chi connectivity index (χ3n) is 6.72. The summed E-state index contributed by atoms with van der Waals surface area (Å²) in [6.45, 7) is 2.26. The lowest BCUT2D eigenvalue weighted by Crippen LogP contribution is -2.57. The Morgan fingerprint density at radius 2 is 1.84 bits per heavy atom. The molecule has 5 rings (SSSR count). The van der Waals surface area contributed by atoms with E-state index in [0.29, 0.717) is 16.6 Å². The maximum absolute atomic E-state index is 13.3. The number of nitrogens with one attached hydrogen (secondary N) is 2. The number of benzene rings is 1. The second-order valence-electron chi connectivity index (χ2n) is 8.47. The first-order valence-electron chi connectivity index (χ1n) is 9.50. The van der Waals surface area contributed by atoms with Crippen molar-refractivity contribution in [1.29, 1.82) is 0 Å². The molecule has 0 radical (unpaired) electrons. The van der Waals surface area contributed by atoms with E-state index in [1.165, 1.54) is 44.6 Å². The second-order valence-corrected chi connectivity index (χ2v) is 9.28. The van der Waals surface area contributed by atoms with E-state index in [-0.39, 0.29) is 5.02 Å². The molecule has 0 saturated heterocycles. The fourth-order valence-electron chi connectivity index (χ4n) is 6.19. The molecule has 25 heavy (non-hydrogen) atoms. The van der Waals surface area contributed by atoms with Crippen LogP contribution in [0.1, 0.15) is 51.9 Å². The monoisotopic (exact) mass is 380 g/mol. The van der Waals surface area contributed by atoms with Gasteiger partial charge in [0, 0.05) is 11.7 Å². The fourth-order valence-corrected chi connectivity index (χ4v) is 6.63. The zero-order valence-electron chi connectivity index (χ0n) is 14.7. The molecule has 0 heterocycles. The summed E-state index contributed by atoms with van der Waals surface area (Å²) >= 11 is 11.4. The van der Waals surface area contributed by atoms with Crippen LogP contribution in [0, 0.1) is 29.0 Å². The number of hydrogen-bond donors (Lipinski definition) is 2. The molecule has 2 nitrogen and oxygen atoms in total. The summed E-state index contributed by atoms with van der Waals surface area (Å²) in [7, 11) is 0. The van der Waals surface area contributed by atoms with Gasteiger partial charge in [-0.25, -0.2) is 4.39 Å². The highest BCUT2D eigenvalue weighted by molar-refractivity contribution is 7.80. The Morgan fingerprint density at radius 1 is 1.24 bits per heavy atom. The van der Waals surface area contributed by atoms with E-state index in [2.05, 4.69) is 17.6 Å². The van der Waals surface area contributed by atoms with Gasteiger partial charge in [0.1, 0.15) is 5.82 Å². The van der Waals surface area contributed by atoms with Crippen molar-refractivity contribution in [3.05, 3.63) is 29.0 Å². The second kappa shape index (κ2) is 6.70.